The summed E-state index contributed by atoms with van der Waals surface area (Å²) in [5.74, 6) is -0.676. The van der Waals surface area contributed by atoms with Gasteiger partial charge in [0.2, 0.25) is 0 Å². The van der Waals surface area contributed by atoms with E-state index in [4.69, 9.17) is 4.74 Å². The van der Waals surface area contributed by atoms with Gasteiger partial charge in [-0.3, -0.25) is 0 Å². The Kier molecular flexibility index (Phi) is 5.70. The minimum Gasteiger partial charge on any atom is -0.505 e. The molecule has 1 heterocycles. The quantitative estimate of drug-likeness (QED) is 0.358. The van der Waals surface area contributed by atoms with Gasteiger partial charge in [0.05, 0.1) is 11.6 Å². The third-order valence-corrected chi connectivity index (χ3v) is 4.81. The zero-order valence-corrected chi connectivity index (χ0v) is 16.8. The van der Waals surface area contributed by atoms with Gasteiger partial charge < -0.3 is 9.84 Å². The van der Waals surface area contributed by atoms with Crippen LogP contribution in [-0.4, -0.2) is 32.1 Å². The molecule has 1 atom stereocenters. The summed E-state index contributed by atoms with van der Waals surface area (Å²) in [5.41, 5.74) is 2.97. The van der Waals surface area contributed by atoms with Crippen LogP contribution in [0.15, 0.2) is 71.9 Å². The third kappa shape index (κ3) is 4.42. The van der Waals surface area contributed by atoms with Crippen LogP contribution in [-0.2, 0) is 17.8 Å². The molecule has 0 aliphatic carbocycles. The average Bonchev–Trinajstić information content (AvgIpc) is 3.23. The van der Waals surface area contributed by atoms with Crippen molar-refractivity contribution in [1.82, 2.24) is 15.0 Å². The normalized spacial score (nSPS) is 11.9. The highest BCUT2D eigenvalue weighted by atomic mass is 16.5. The van der Waals surface area contributed by atoms with E-state index in [1.165, 1.54) is 16.9 Å². The fourth-order valence-electron chi connectivity index (χ4n) is 3.23. The molecule has 1 unspecified atom stereocenters. The van der Waals surface area contributed by atoms with E-state index in [-0.39, 0.29) is 30.0 Å². The summed E-state index contributed by atoms with van der Waals surface area (Å²) in [4.78, 5) is 24.9. The molecule has 0 saturated heterocycles. The number of carbonyl (C=O) groups excluding carboxylic acids is 1. The van der Waals surface area contributed by atoms with Gasteiger partial charge in [0, 0.05) is 6.42 Å². The van der Waals surface area contributed by atoms with Crippen LogP contribution in [0.5, 0.6) is 5.75 Å². The summed E-state index contributed by atoms with van der Waals surface area (Å²) < 4.78 is 5.43. The zero-order chi connectivity index (χ0) is 21.8. The summed E-state index contributed by atoms with van der Waals surface area (Å²) >= 11 is 0. The topological polar surface area (TPSA) is 107 Å². The summed E-state index contributed by atoms with van der Waals surface area (Å²) in [5, 5.41) is 22.6. The first-order valence-corrected chi connectivity index (χ1v) is 9.77. The van der Waals surface area contributed by atoms with Crippen molar-refractivity contribution in [2.45, 2.75) is 26.0 Å². The first-order chi connectivity index (χ1) is 15.0. The van der Waals surface area contributed by atoms with Crippen LogP contribution >= 0.6 is 0 Å². The molecule has 0 aliphatic rings. The standard InChI is InChI=1S/C23H20N4O4/c1-15(26-30)11-17-12-18(23(29)31-14-16-7-3-2-4-8-16)13-21(22(17)28)27-24-19-9-5-6-10-20(19)25-27/h2-10,12-13,15,28H,11,14H2,1H3. The maximum absolute atomic E-state index is 12.8. The monoisotopic (exact) mass is 416 g/mol. The largest absolute Gasteiger partial charge is 0.505 e. The lowest BCUT2D eigenvalue weighted by atomic mass is 10.0. The Morgan fingerprint density at radius 1 is 1.06 bits per heavy atom. The third-order valence-electron chi connectivity index (χ3n) is 4.81. The molecular weight excluding hydrogens is 396 g/mol. The van der Waals surface area contributed by atoms with Crippen molar-refractivity contribution in [3.8, 4) is 11.4 Å². The van der Waals surface area contributed by atoms with Crippen LogP contribution in [0.2, 0.25) is 0 Å². The number of phenolic OH excluding ortho intramolecular Hbond substituents is 1. The minimum absolute atomic E-state index is 0.113. The van der Waals surface area contributed by atoms with E-state index in [1.54, 1.807) is 19.1 Å². The highest BCUT2D eigenvalue weighted by molar-refractivity contribution is 5.91. The number of fused-ring (bicyclic) bond motifs is 1. The van der Waals surface area contributed by atoms with Crippen LogP contribution in [0.1, 0.15) is 28.4 Å². The van der Waals surface area contributed by atoms with Gasteiger partial charge in [0.15, 0.2) is 0 Å². The van der Waals surface area contributed by atoms with E-state index >= 15 is 0 Å². The maximum Gasteiger partial charge on any atom is 0.338 e. The van der Waals surface area contributed by atoms with Crippen molar-refractivity contribution in [3.05, 3.63) is 88.3 Å². The van der Waals surface area contributed by atoms with E-state index in [2.05, 4.69) is 15.4 Å². The van der Waals surface area contributed by atoms with Crippen molar-refractivity contribution in [3.63, 3.8) is 0 Å². The van der Waals surface area contributed by atoms with Gasteiger partial charge in [0.25, 0.3) is 0 Å². The molecule has 0 bridgehead atoms. The highest BCUT2D eigenvalue weighted by Crippen LogP contribution is 2.30. The number of hydrogen-bond donors (Lipinski definition) is 1. The van der Waals surface area contributed by atoms with Crippen LogP contribution in [0, 0.1) is 4.91 Å². The van der Waals surface area contributed by atoms with E-state index in [0.29, 0.717) is 16.6 Å². The minimum atomic E-state index is -0.584. The Balaban J connectivity index is 1.72. The number of benzene rings is 3. The van der Waals surface area contributed by atoms with Crippen molar-refractivity contribution >= 4 is 17.0 Å². The molecule has 8 heteroatoms. The second kappa shape index (κ2) is 8.74. The van der Waals surface area contributed by atoms with E-state index < -0.39 is 12.0 Å². The number of aromatic nitrogens is 3. The second-order valence-electron chi connectivity index (χ2n) is 7.20. The predicted molar refractivity (Wildman–Crippen MR) is 115 cm³/mol. The first kappa shape index (κ1) is 20.2. The summed E-state index contributed by atoms with van der Waals surface area (Å²) in [6.45, 7) is 1.74. The lowest BCUT2D eigenvalue weighted by molar-refractivity contribution is 0.0472. The lowest BCUT2D eigenvalue weighted by Crippen LogP contribution is -2.11. The van der Waals surface area contributed by atoms with Gasteiger partial charge in [-0.05, 0) is 42.3 Å². The van der Waals surface area contributed by atoms with Crippen molar-refractivity contribution < 1.29 is 14.6 Å². The average molecular weight is 416 g/mol. The number of ether oxygens (including phenoxy) is 1. The second-order valence-corrected chi connectivity index (χ2v) is 7.20. The fraction of sp³-hybridized carbons (Fsp3) is 0.174. The van der Waals surface area contributed by atoms with Crippen molar-refractivity contribution in [1.29, 1.82) is 0 Å². The molecule has 4 rings (SSSR count). The highest BCUT2D eigenvalue weighted by Gasteiger charge is 2.20. The van der Waals surface area contributed by atoms with E-state index in [0.717, 1.165) is 5.56 Å². The van der Waals surface area contributed by atoms with Crippen molar-refractivity contribution in [2.24, 2.45) is 5.18 Å². The molecule has 0 saturated carbocycles. The van der Waals surface area contributed by atoms with E-state index in [9.17, 15) is 14.8 Å². The molecule has 0 fully saturated rings. The molecule has 0 radical (unpaired) electrons. The van der Waals surface area contributed by atoms with Gasteiger partial charge in [-0.25, -0.2) is 4.79 Å². The predicted octanol–water partition coefficient (Wildman–Crippen LogP) is 4.18. The van der Waals surface area contributed by atoms with Gasteiger partial charge in [0.1, 0.15) is 29.1 Å². The molecule has 156 valence electrons. The number of nitrogens with zero attached hydrogens (tertiary/aromatic N) is 4. The number of rotatable bonds is 7. The molecule has 0 aliphatic heterocycles. The van der Waals surface area contributed by atoms with Gasteiger partial charge >= 0.3 is 5.97 Å². The van der Waals surface area contributed by atoms with Crippen molar-refractivity contribution in [2.75, 3.05) is 0 Å². The maximum atomic E-state index is 12.8. The van der Waals surface area contributed by atoms with Crippen LogP contribution in [0.25, 0.3) is 16.7 Å². The summed E-state index contributed by atoms with van der Waals surface area (Å²) in [6, 6.07) is 19.0. The Morgan fingerprint density at radius 3 is 2.35 bits per heavy atom. The Morgan fingerprint density at radius 2 is 1.71 bits per heavy atom. The number of aromatic hydroxyl groups is 1. The summed E-state index contributed by atoms with van der Waals surface area (Å²) in [6.07, 6.45) is 0.156. The number of esters is 1. The fourth-order valence-corrected chi connectivity index (χ4v) is 3.23. The van der Waals surface area contributed by atoms with E-state index in [1.807, 2.05) is 42.5 Å². The molecule has 31 heavy (non-hydrogen) atoms. The SMILES string of the molecule is CC(Cc1cc(C(=O)OCc2ccccc2)cc(-n2nc3ccccc3n2)c1O)N=O. The Hall–Kier alpha value is -4.07. The molecule has 1 N–H and O–H groups in total. The van der Waals surface area contributed by atoms with Crippen LogP contribution in [0.3, 0.4) is 0 Å². The zero-order valence-electron chi connectivity index (χ0n) is 16.8. The first-order valence-electron chi connectivity index (χ1n) is 9.77. The number of carbonyl (C=O) groups is 1. The molecule has 8 nitrogen and oxygen atoms in total. The lowest BCUT2D eigenvalue weighted by Gasteiger charge is -2.13. The molecule has 0 amide bonds. The van der Waals surface area contributed by atoms with Gasteiger partial charge in [-0.2, -0.15) is 4.91 Å². The summed E-state index contributed by atoms with van der Waals surface area (Å²) in [7, 11) is 0. The Bertz CT molecular complexity index is 1200. The molecular formula is C23H20N4O4. The Labute approximate surface area is 178 Å². The number of phenols is 1. The molecule has 1 aromatic heterocycles. The van der Waals surface area contributed by atoms with Gasteiger partial charge in [-0.1, -0.05) is 47.6 Å². The molecule has 0 spiro atoms. The van der Waals surface area contributed by atoms with Crippen LogP contribution in [0.4, 0.5) is 0 Å². The van der Waals surface area contributed by atoms with Gasteiger partial charge in [-0.15, -0.1) is 15.0 Å². The number of hydrogen-bond acceptors (Lipinski definition) is 7. The molecule has 4 aromatic rings. The van der Waals surface area contributed by atoms with Crippen LogP contribution < -0.4 is 0 Å². The molecule has 3 aromatic carbocycles. The smallest absolute Gasteiger partial charge is 0.338 e. The number of nitroso groups, excluding NO2 is 1.